The SMILES string of the molecule is CC(OC(=O)c1ccccc1)C1OCC(C)(OC(=O)c2ccccc2)C1OC(=O)c1ccccc1. The molecule has 0 aromatic heterocycles. The first-order chi connectivity index (χ1) is 16.9. The van der Waals surface area contributed by atoms with Crippen LogP contribution in [0.25, 0.3) is 0 Å². The molecule has 4 rings (SSSR count). The molecule has 0 bridgehead atoms. The van der Waals surface area contributed by atoms with E-state index in [0.29, 0.717) is 16.7 Å². The maximum Gasteiger partial charge on any atom is 0.338 e. The van der Waals surface area contributed by atoms with Gasteiger partial charge in [-0.05, 0) is 50.2 Å². The zero-order valence-corrected chi connectivity index (χ0v) is 19.5. The zero-order valence-electron chi connectivity index (χ0n) is 19.5. The Kier molecular flexibility index (Phi) is 7.27. The van der Waals surface area contributed by atoms with E-state index in [9.17, 15) is 14.4 Å². The topological polar surface area (TPSA) is 88.1 Å². The predicted octanol–water partition coefficient (Wildman–Crippen LogP) is 4.47. The molecule has 7 heteroatoms. The van der Waals surface area contributed by atoms with Crippen LogP contribution in [-0.2, 0) is 18.9 Å². The van der Waals surface area contributed by atoms with Crippen molar-refractivity contribution in [3.63, 3.8) is 0 Å². The Labute approximate surface area is 203 Å². The molecule has 3 aromatic rings. The first kappa shape index (κ1) is 24.2. The number of benzene rings is 3. The van der Waals surface area contributed by atoms with Gasteiger partial charge in [0.25, 0.3) is 0 Å². The Morgan fingerprint density at radius 3 is 1.74 bits per heavy atom. The molecule has 0 aliphatic carbocycles. The van der Waals surface area contributed by atoms with Gasteiger partial charge in [-0.15, -0.1) is 0 Å². The fourth-order valence-electron chi connectivity index (χ4n) is 3.92. The number of hydrogen-bond donors (Lipinski definition) is 0. The summed E-state index contributed by atoms with van der Waals surface area (Å²) in [5.41, 5.74) is -0.235. The molecule has 4 atom stereocenters. The molecule has 0 N–H and O–H groups in total. The molecule has 0 radical (unpaired) electrons. The second-order valence-electron chi connectivity index (χ2n) is 8.51. The van der Waals surface area contributed by atoms with Gasteiger partial charge in [0.2, 0.25) is 0 Å². The number of carbonyl (C=O) groups is 3. The van der Waals surface area contributed by atoms with Gasteiger partial charge in [0.15, 0.2) is 11.7 Å². The average Bonchev–Trinajstić information content (AvgIpc) is 3.21. The molecule has 0 amide bonds. The van der Waals surface area contributed by atoms with E-state index in [-0.39, 0.29) is 6.61 Å². The number of rotatable bonds is 7. The normalized spacial score (nSPS) is 22.1. The number of ether oxygens (including phenoxy) is 4. The molecular weight excluding hydrogens is 448 g/mol. The van der Waals surface area contributed by atoms with Crippen molar-refractivity contribution in [2.24, 2.45) is 0 Å². The lowest BCUT2D eigenvalue weighted by atomic mass is 9.95. The van der Waals surface area contributed by atoms with Gasteiger partial charge in [-0.1, -0.05) is 54.6 Å². The molecule has 1 fully saturated rings. The zero-order chi connectivity index (χ0) is 24.8. The summed E-state index contributed by atoms with van der Waals surface area (Å²) in [6, 6.07) is 25.5. The predicted molar refractivity (Wildman–Crippen MR) is 127 cm³/mol. The smallest absolute Gasteiger partial charge is 0.338 e. The van der Waals surface area contributed by atoms with E-state index in [1.807, 2.05) is 0 Å². The molecule has 0 saturated carbocycles. The van der Waals surface area contributed by atoms with Crippen LogP contribution >= 0.6 is 0 Å². The van der Waals surface area contributed by atoms with E-state index >= 15 is 0 Å². The van der Waals surface area contributed by atoms with Gasteiger partial charge < -0.3 is 18.9 Å². The van der Waals surface area contributed by atoms with Crippen molar-refractivity contribution in [1.29, 1.82) is 0 Å². The summed E-state index contributed by atoms with van der Waals surface area (Å²) >= 11 is 0. The molecule has 3 aromatic carbocycles. The Morgan fingerprint density at radius 2 is 1.23 bits per heavy atom. The first-order valence-electron chi connectivity index (χ1n) is 11.3. The standard InChI is InChI=1S/C28H26O7/c1-19(33-25(29)20-12-6-3-7-13-20)23-24(34-26(30)21-14-8-4-9-15-21)28(2,18-32-23)35-27(31)22-16-10-5-11-17-22/h3-17,19,23-24H,18H2,1-2H3. The summed E-state index contributed by atoms with van der Waals surface area (Å²) in [5.74, 6) is -1.72. The lowest BCUT2D eigenvalue weighted by Crippen LogP contribution is -2.50. The van der Waals surface area contributed by atoms with Crippen LogP contribution in [0.3, 0.4) is 0 Å². The van der Waals surface area contributed by atoms with Crippen LogP contribution in [0, 0.1) is 0 Å². The summed E-state index contributed by atoms with van der Waals surface area (Å²) in [6.07, 6.45) is -2.68. The Hall–Kier alpha value is -3.97. The highest BCUT2D eigenvalue weighted by Crippen LogP contribution is 2.35. The third-order valence-corrected chi connectivity index (χ3v) is 5.81. The van der Waals surface area contributed by atoms with E-state index in [1.54, 1.807) is 105 Å². The largest absolute Gasteiger partial charge is 0.456 e. The second kappa shape index (κ2) is 10.5. The van der Waals surface area contributed by atoms with E-state index in [1.165, 1.54) is 0 Å². The minimum absolute atomic E-state index is 0.0454. The van der Waals surface area contributed by atoms with E-state index in [4.69, 9.17) is 18.9 Å². The van der Waals surface area contributed by atoms with Crippen molar-refractivity contribution in [3.05, 3.63) is 108 Å². The summed E-state index contributed by atoms with van der Waals surface area (Å²) in [4.78, 5) is 38.4. The lowest BCUT2D eigenvalue weighted by Gasteiger charge is -2.32. The van der Waals surface area contributed by atoms with Crippen LogP contribution in [0.5, 0.6) is 0 Å². The van der Waals surface area contributed by atoms with Gasteiger partial charge in [0, 0.05) is 0 Å². The Balaban J connectivity index is 1.56. The third kappa shape index (κ3) is 5.58. The van der Waals surface area contributed by atoms with Crippen LogP contribution < -0.4 is 0 Å². The fraction of sp³-hybridized carbons (Fsp3) is 0.250. The van der Waals surface area contributed by atoms with Crippen LogP contribution in [0.15, 0.2) is 91.0 Å². The number of hydrogen-bond acceptors (Lipinski definition) is 7. The minimum atomic E-state index is -1.31. The lowest BCUT2D eigenvalue weighted by molar-refractivity contribution is -0.0865. The van der Waals surface area contributed by atoms with Gasteiger partial charge in [-0.25, -0.2) is 14.4 Å². The summed E-state index contributed by atoms with van der Waals surface area (Å²) in [7, 11) is 0. The van der Waals surface area contributed by atoms with Crippen LogP contribution in [-0.4, -0.2) is 48.4 Å². The van der Waals surface area contributed by atoms with Crippen LogP contribution in [0.2, 0.25) is 0 Å². The third-order valence-electron chi connectivity index (χ3n) is 5.81. The van der Waals surface area contributed by atoms with Crippen molar-refractivity contribution in [2.45, 2.75) is 37.8 Å². The molecule has 0 spiro atoms. The van der Waals surface area contributed by atoms with Gasteiger partial charge in [-0.2, -0.15) is 0 Å². The van der Waals surface area contributed by atoms with Crippen molar-refractivity contribution >= 4 is 17.9 Å². The molecule has 1 heterocycles. The quantitative estimate of drug-likeness (QED) is 0.369. The van der Waals surface area contributed by atoms with Gasteiger partial charge in [-0.3, -0.25) is 0 Å². The van der Waals surface area contributed by atoms with Gasteiger partial charge in [0.1, 0.15) is 12.2 Å². The van der Waals surface area contributed by atoms with Crippen molar-refractivity contribution in [2.75, 3.05) is 6.61 Å². The van der Waals surface area contributed by atoms with E-state index in [2.05, 4.69) is 0 Å². The van der Waals surface area contributed by atoms with Crippen molar-refractivity contribution in [1.82, 2.24) is 0 Å². The highest BCUT2D eigenvalue weighted by atomic mass is 16.7. The summed E-state index contributed by atoms with van der Waals surface area (Å²) < 4.78 is 23.2. The second-order valence-corrected chi connectivity index (χ2v) is 8.51. The summed E-state index contributed by atoms with van der Waals surface area (Å²) in [6.45, 7) is 3.25. The molecule has 35 heavy (non-hydrogen) atoms. The maximum absolute atomic E-state index is 12.9. The highest BCUT2D eigenvalue weighted by Gasteiger charge is 2.55. The highest BCUT2D eigenvalue weighted by molar-refractivity contribution is 5.91. The average molecular weight is 475 g/mol. The van der Waals surface area contributed by atoms with E-state index < -0.39 is 41.8 Å². The maximum atomic E-state index is 12.9. The monoisotopic (exact) mass is 474 g/mol. The first-order valence-corrected chi connectivity index (χ1v) is 11.3. The molecular formula is C28H26O7. The van der Waals surface area contributed by atoms with Crippen LogP contribution in [0.4, 0.5) is 0 Å². The van der Waals surface area contributed by atoms with Crippen molar-refractivity contribution in [3.8, 4) is 0 Å². The Bertz CT molecular complexity index is 1160. The number of carbonyl (C=O) groups excluding carboxylic acids is 3. The molecule has 1 aliphatic rings. The molecule has 4 unspecified atom stereocenters. The van der Waals surface area contributed by atoms with Gasteiger partial charge in [0.05, 0.1) is 23.3 Å². The molecule has 1 saturated heterocycles. The molecule has 1 aliphatic heterocycles. The number of esters is 3. The van der Waals surface area contributed by atoms with Gasteiger partial charge >= 0.3 is 17.9 Å². The fourth-order valence-corrected chi connectivity index (χ4v) is 3.92. The van der Waals surface area contributed by atoms with Crippen LogP contribution in [0.1, 0.15) is 44.9 Å². The van der Waals surface area contributed by atoms with Crippen molar-refractivity contribution < 1.29 is 33.3 Å². The Morgan fingerprint density at radius 1 is 0.771 bits per heavy atom. The molecule has 7 nitrogen and oxygen atoms in total. The molecule has 180 valence electrons. The summed E-state index contributed by atoms with van der Waals surface area (Å²) in [5, 5.41) is 0. The minimum Gasteiger partial charge on any atom is -0.456 e. The van der Waals surface area contributed by atoms with E-state index in [0.717, 1.165) is 0 Å².